The highest BCUT2D eigenvalue weighted by Gasteiger charge is 2.34. The van der Waals surface area contributed by atoms with Crippen molar-refractivity contribution in [3.05, 3.63) is 35.9 Å². The van der Waals surface area contributed by atoms with E-state index in [1.54, 1.807) is 4.90 Å². The van der Waals surface area contributed by atoms with E-state index in [1.807, 2.05) is 30.3 Å². The van der Waals surface area contributed by atoms with Crippen molar-refractivity contribution in [3.8, 4) is 0 Å². The Morgan fingerprint density at radius 3 is 2.54 bits per heavy atom. The summed E-state index contributed by atoms with van der Waals surface area (Å²) in [4.78, 5) is 16.8. The second-order valence-corrected chi connectivity index (χ2v) is 10.7. The maximum absolute atomic E-state index is 12.9. The lowest BCUT2D eigenvalue weighted by atomic mass is 10.1. The van der Waals surface area contributed by atoms with Gasteiger partial charge in [-0.25, -0.2) is 8.42 Å². The Morgan fingerprint density at radius 2 is 1.92 bits per heavy atom. The summed E-state index contributed by atoms with van der Waals surface area (Å²) < 4.78 is 24.6. The summed E-state index contributed by atoms with van der Waals surface area (Å²) in [5, 5.41) is 0. The molecule has 8 heteroatoms. The number of thioether (sulfide) groups is 1. The molecule has 1 aromatic carbocycles. The molecule has 0 unspecified atom stereocenters. The summed E-state index contributed by atoms with van der Waals surface area (Å²) in [7, 11) is -3.05. The minimum absolute atomic E-state index is 0.0394. The number of carbonyl (C=O) groups excluding carboxylic acids is 1. The molecule has 0 bridgehead atoms. The SMILES string of the molecule is O=C(CSC(=S)N1CCCC1)N(Cc1ccccc1)[C@@H]1CCS(=O)(=O)C1. The summed E-state index contributed by atoms with van der Waals surface area (Å²) in [5.41, 5.74) is 1.01. The number of hydrogen-bond acceptors (Lipinski definition) is 5. The number of nitrogens with zero attached hydrogens (tertiary/aromatic N) is 2. The van der Waals surface area contributed by atoms with Crippen LogP contribution in [0.1, 0.15) is 24.8 Å². The lowest BCUT2D eigenvalue weighted by molar-refractivity contribution is -0.130. The van der Waals surface area contributed by atoms with Crippen LogP contribution >= 0.6 is 24.0 Å². The van der Waals surface area contributed by atoms with Gasteiger partial charge in [0.15, 0.2) is 9.84 Å². The van der Waals surface area contributed by atoms with E-state index < -0.39 is 9.84 Å². The zero-order valence-electron chi connectivity index (χ0n) is 14.7. The highest BCUT2D eigenvalue weighted by molar-refractivity contribution is 8.23. The van der Waals surface area contributed by atoms with E-state index >= 15 is 0 Å². The molecule has 0 aromatic heterocycles. The van der Waals surface area contributed by atoms with Crippen molar-refractivity contribution in [3.63, 3.8) is 0 Å². The summed E-state index contributed by atoms with van der Waals surface area (Å²) in [6.07, 6.45) is 2.81. The van der Waals surface area contributed by atoms with Crippen molar-refractivity contribution in [1.82, 2.24) is 9.80 Å². The van der Waals surface area contributed by atoms with Gasteiger partial charge in [0.2, 0.25) is 5.91 Å². The van der Waals surface area contributed by atoms with E-state index in [1.165, 1.54) is 11.8 Å². The number of carbonyl (C=O) groups is 1. The minimum atomic E-state index is -3.05. The van der Waals surface area contributed by atoms with Crippen LogP contribution in [0.2, 0.25) is 0 Å². The van der Waals surface area contributed by atoms with Crippen LogP contribution < -0.4 is 0 Å². The molecule has 142 valence electrons. The quantitative estimate of drug-likeness (QED) is 0.692. The molecule has 3 rings (SSSR count). The highest BCUT2D eigenvalue weighted by Crippen LogP contribution is 2.22. The number of hydrogen-bond donors (Lipinski definition) is 0. The van der Waals surface area contributed by atoms with Crippen LogP contribution in [0.25, 0.3) is 0 Å². The number of benzene rings is 1. The van der Waals surface area contributed by atoms with Crippen LogP contribution in [-0.4, -0.2) is 64.8 Å². The van der Waals surface area contributed by atoms with Gasteiger partial charge in [-0.3, -0.25) is 4.79 Å². The number of amides is 1. The lowest BCUT2D eigenvalue weighted by Crippen LogP contribution is -2.42. The second-order valence-electron chi connectivity index (χ2n) is 6.81. The van der Waals surface area contributed by atoms with Crippen molar-refractivity contribution in [1.29, 1.82) is 0 Å². The van der Waals surface area contributed by atoms with Crippen molar-refractivity contribution < 1.29 is 13.2 Å². The van der Waals surface area contributed by atoms with Crippen LogP contribution in [0.3, 0.4) is 0 Å². The Kier molecular flexibility index (Phi) is 6.58. The molecule has 0 radical (unpaired) electrons. The lowest BCUT2D eigenvalue weighted by Gasteiger charge is -2.29. The standard InChI is InChI=1S/C18H24N2O3S3/c21-17(13-25-18(24)19-9-4-5-10-19)20(12-15-6-2-1-3-7-15)16-8-11-26(22,23)14-16/h1-3,6-7,16H,4-5,8-14H2/t16-/m1/s1. The predicted octanol–water partition coefficient (Wildman–Crippen LogP) is 2.32. The summed E-state index contributed by atoms with van der Waals surface area (Å²) in [5.74, 6) is 0.448. The molecular weight excluding hydrogens is 388 g/mol. The molecule has 1 atom stereocenters. The highest BCUT2D eigenvalue weighted by atomic mass is 32.2. The van der Waals surface area contributed by atoms with Gasteiger partial charge in [-0.1, -0.05) is 54.3 Å². The van der Waals surface area contributed by atoms with E-state index in [0.717, 1.165) is 35.8 Å². The third-order valence-electron chi connectivity index (χ3n) is 4.85. The summed E-state index contributed by atoms with van der Waals surface area (Å²) in [6.45, 7) is 2.38. The van der Waals surface area contributed by atoms with Crippen molar-refractivity contribution in [2.24, 2.45) is 0 Å². The zero-order chi connectivity index (χ0) is 18.6. The average molecular weight is 413 g/mol. The first-order chi connectivity index (χ1) is 12.4. The maximum atomic E-state index is 12.9. The van der Waals surface area contributed by atoms with Crippen LogP contribution in [0.15, 0.2) is 30.3 Å². The van der Waals surface area contributed by atoms with E-state index in [4.69, 9.17) is 12.2 Å². The summed E-state index contributed by atoms with van der Waals surface area (Å²) in [6, 6.07) is 9.48. The number of sulfone groups is 1. The first kappa shape index (κ1) is 19.6. The average Bonchev–Trinajstić information content (AvgIpc) is 3.28. The molecule has 0 spiro atoms. The van der Waals surface area contributed by atoms with Crippen molar-refractivity contribution >= 4 is 44.0 Å². The van der Waals surface area contributed by atoms with Gasteiger partial charge in [0.1, 0.15) is 4.32 Å². The molecule has 2 fully saturated rings. The molecule has 5 nitrogen and oxygen atoms in total. The zero-order valence-corrected chi connectivity index (χ0v) is 17.1. The van der Waals surface area contributed by atoms with Gasteiger partial charge < -0.3 is 9.80 Å². The molecule has 2 aliphatic rings. The van der Waals surface area contributed by atoms with Gasteiger partial charge in [-0.2, -0.15) is 0 Å². The van der Waals surface area contributed by atoms with Crippen LogP contribution in [-0.2, 0) is 21.2 Å². The smallest absolute Gasteiger partial charge is 0.233 e. The molecule has 0 aliphatic carbocycles. The molecule has 2 aliphatic heterocycles. The Labute approximate surface area is 165 Å². The van der Waals surface area contributed by atoms with Crippen molar-refractivity contribution in [2.75, 3.05) is 30.3 Å². The van der Waals surface area contributed by atoms with Gasteiger partial charge >= 0.3 is 0 Å². The first-order valence-electron chi connectivity index (χ1n) is 8.90. The number of rotatable bonds is 5. The topological polar surface area (TPSA) is 57.7 Å². The van der Waals surface area contributed by atoms with Gasteiger partial charge in [-0.15, -0.1) is 0 Å². The number of likely N-dealkylation sites (tertiary alicyclic amines) is 1. The molecule has 1 aromatic rings. The Bertz CT molecular complexity index is 746. The monoisotopic (exact) mass is 412 g/mol. The fourth-order valence-electron chi connectivity index (χ4n) is 3.42. The Hall–Kier alpha value is -1.12. The van der Waals surface area contributed by atoms with Gasteiger partial charge in [-0.05, 0) is 24.8 Å². The van der Waals surface area contributed by atoms with Gasteiger partial charge in [0.25, 0.3) is 0 Å². The number of thiocarbonyl (C=S) groups is 1. The van der Waals surface area contributed by atoms with Gasteiger partial charge in [0.05, 0.1) is 17.3 Å². The van der Waals surface area contributed by atoms with Gasteiger partial charge in [0, 0.05) is 25.7 Å². The van der Waals surface area contributed by atoms with Crippen LogP contribution in [0, 0.1) is 0 Å². The van der Waals surface area contributed by atoms with Crippen molar-refractivity contribution in [2.45, 2.75) is 31.8 Å². The van der Waals surface area contributed by atoms with E-state index in [2.05, 4.69) is 4.90 Å². The molecule has 1 amide bonds. The third kappa shape index (κ3) is 5.20. The minimum Gasteiger partial charge on any atom is -0.358 e. The van der Waals surface area contributed by atoms with E-state index in [0.29, 0.717) is 13.0 Å². The first-order valence-corrected chi connectivity index (χ1v) is 12.1. The third-order valence-corrected chi connectivity index (χ3v) is 8.11. The fourth-order valence-corrected chi connectivity index (χ4v) is 6.29. The molecular formula is C18H24N2O3S3. The second kappa shape index (κ2) is 8.71. The Morgan fingerprint density at radius 1 is 1.23 bits per heavy atom. The molecule has 2 saturated heterocycles. The van der Waals surface area contributed by atoms with E-state index in [9.17, 15) is 13.2 Å². The van der Waals surface area contributed by atoms with Crippen LogP contribution in [0.4, 0.5) is 0 Å². The fraction of sp³-hybridized carbons (Fsp3) is 0.556. The van der Waals surface area contributed by atoms with E-state index in [-0.39, 0.29) is 29.2 Å². The normalized spacial score (nSPS) is 21.7. The molecule has 0 N–H and O–H groups in total. The molecule has 26 heavy (non-hydrogen) atoms. The maximum Gasteiger partial charge on any atom is 0.233 e. The Balaban J connectivity index is 1.65. The molecule has 2 heterocycles. The largest absolute Gasteiger partial charge is 0.358 e. The predicted molar refractivity (Wildman–Crippen MR) is 110 cm³/mol. The molecule has 0 saturated carbocycles. The summed E-state index contributed by atoms with van der Waals surface area (Å²) >= 11 is 6.84. The van der Waals surface area contributed by atoms with Crippen LogP contribution in [0.5, 0.6) is 0 Å².